The van der Waals surface area contributed by atoms with Crippen LogP contribution in [0.3, 0.4) is 0 Å². The first-order chi connectivity index (χ1) is 7.19. The monoisotopic (exact) mass is 228 g/mol. The van der Waals surface area contributed by atoms with Gasteiger partial charge >= 0.3 is 0 Å². The molecule has 0 atom stereocenters. The van der Waals surface area contributed by atoms with E-state index >= 15 is 0 Å². The number of halogens is 1. The van der Waals surface area contributed by atoms with Crippen molar-refractivity contribution in [3.05, 3.63) is 28.8 Å². The van der Waals surface area contributed by atoms with E-state index in [4.69, 9.17) is 16.3 Å². The first kappa shape index (κ1) is 14.0. The fraction of sp³-hybridized carbons (Fsp3) is 0.417. The van der Waals surface area contributed by atoms with E-state index in [1.54, 1.807) is 25.3 Å². The van der Waals surface area contributed by atoms with Gasteiger partial charge < -0.3 is 4.74 Å². The summed E-state index contributed by atoms with van der Waals surface area (Å²) in [5.74, 6) is 0.680. The molecule has 0 aromatic heterocycles. The zero-order chi connectivity index (χ0) is 11.8. The van der Waals surface area contributed by atoms with E-state index in [1.165, 1.54) is 0 Å². The molecule has 0 fully saturated rings. The van der Waals surface area contributed by atoms with Crippen molar-refractivity contribution in [2.45, 2.75) is 27.2 Å². The minimum Gasteiger partial charge on any atom is -0.495 e. The molecule has 0 spiro atoms. The van der Waals surface area contributed by atoms with Gasteiger partial charge in [0.1, 0.15) is 5.75 Å². The molecule has 0 bridgehead atoms. The summed E-state index contributed by atoms with van der Waals surface area (Å²) in [7, 11) is 1.54. The van der Waals surface area contributed by atoms with E-state index < -0.39 is 0 Å². The molecule has 1 rings (SSSR count). The first-order valence-corrected chi connectivity index (χ1v) is 5.43. The molecule has 0 amide bonds. The van der Waals surface area contributed by atoms with Crippen molar-refractivity contribution in [3.63, 3.8) is 0 Å². The molecular formula is C12H17ClO2. The molecule has 0 saturated heterocycles. The Morgan fingerprint density at radius 2 is 2.00 bits per heavy atom. The van der Waals surface area contributed by atoms with Crippen molar-refractivity contribution < 1.29 is 9.53 Å². The van der Waals surface area contributed by atoms with Gasteiger partial charge in [-0.3, -0.25) is 4.79 Å². The molecular weight excluding hydrogens is 212 g/mol. The maximum atomic E-state index is 11.3. The molecule has 0 unspecified atom stereocenters. The fourth-order valence-electron chi connectivity index (χ4n) is 1.04. The Kier molecular flexibility index (Phi) is 6.80. The summed E-state index contributed by atoms with van der Waals surface area (Å²) < 4.78 is 4.97. The van der Waals surface area contributed by atoms with Crippen molar-refractivity contribution in [2.75, 3.05) is 7.11 Å². The number of carbonyl (C=O) groups is 1. The Morgan fingerprint density at radius 3 is 2.40 bits per heavy atom. The average Bonchev–Trinajstić information content (AvgIpc) is 2.30. The van der Waals surface area contributed by atoms with Crippen LogP contribution in [0.25, 0.3) is 0 Å². The molecule has 0 aliphatic carbocycles. The van der Waals surface area contributed by atoms with Gasteiger partial charge in [0.15, 0.2) is 5.78 Å². The highest BCUT2D eigenvalue weighted by Crippen LogP contribution is 2.25. The Bertz CT molecular complexity index is 321. The van der Waals surface area contributed by atoms with Crippen LogP contribution in [0.4, 0.5) is 0 Å². The molecule has 1 aromatic carbocycles. The number of hydrogen-bond donors (Lipinski definition) is 0. The lowest BCUT2D eigenvalue weighted by atomic mass is 10.1. The normalized spacial score (nSPS) is 8.87. The third-order valence-electron chi connectivity index (χ3n) is 1.79. The molecule has 0 aliphatic rings. The molecule has 15 heavy (non-hydrogen) atoms. The van der Waals surface area contributed by atoms with Crippen LogP contribution >= 0.6 is 11.6 Å². The second-order valence-corrected chi connectivity index (χ2v) is 3.03. The Labute approximate surface area is 96.2 Å². The van der Waals surface area contributed by atoms with Crippen LogP contribution in [0.1, 0.15) is 37.6 Å². The van der Waals surface area contributed by atoms with E-state index in [1.807, 2.05) is 20.8 Å². The van der Waals surface area contributed by atoms with E-state index in [2.05, 4.69) is 0 Å². The highest BCUT2D eigenvalue weighted by atomic mass is 35.5. The average molecular weight is 229 g/mol. The molecule has 0 heterocycles. The first-order valence-electron chi connectivity index (χ1n) is 5.05. The quantitative estimate of drug-likeness (QED) is 0.732. The number of benzene rings is 1. The largest absolute Gasteiger partial charge is 0.495 e. The molecule has 0 saturated carbocycles. The molecule has 0 radical (unpaired) electrons. The van der Waals surface area contributed by atoms with Crippen molar-refractivity contribution in [1.82, 2.24) is 0 Å². The smallest absolute Gasteiger partial charge is 0.162 e. The molecule has 0 aliphatic heterocycles. The van der Waals surface area contributed by atoms with Crippen molar-refractivity contribution >= 4 is 17.4 Å². The van der Waals surface area contributed by atoms with Gasteiger partial charge in [0.2, 0.25) is 0 Å². The second-order valence-electron chi connectivity index (χ2n) is 2.63. The van der Waals surface area contributed by atoms with Gasteiger partial charge in [-0.15, -0.1) is 0 Å². The van der Waals surface area contributed by atoms with Crippen LogP contribution in [-0.4, -0.2) is 12.9 Å². The Balaban J connectivity index is 0.000000921. The minimum absolute atomic E-state index is 0.0875. The number of ether oxygens (including phenoxy) is 1. The van der Waals surface area contributed by atoms with Gasteiger partial charge in [0, 0.05) is 12.0 Å². The van der Waals surface area contributed by atoms with Gasteiger partial charge in [-0.2, -0.15) is 0 Å². The summed E-state index contributed by atoms with van der Waals surface area (Å²) in [6.07, 6.45) is 0.489. The van der Waals surface area contributed by atoms with Crippen LogP contribution in [0.2, 0.25) is 5.02 Å². The van der Waals surface area contributed by atoms with Crippen LogP contribution in [0, 0.1) is 0 Å². The summed E-state index contributed by atoms with van der Waals surface area (Å²) in [6.45, 7) is 5.82. The standard InChI is InChI=1S/C10H11ClO2.C2H6/c1-3-9(12)7-4-5-10(13-2)8(11)6-7;1-2/h4-6H,3H2,1-2H3;1-2H3. The van der Waals surface area contributed by atoms with Crippen molar-refractivity contribution in [3.8, 4) is 5.75 Å². The summed E-state index contributed by atoms with van der Waals surface area (Å²) in [5, 5.41) is 0.474. The summed E-state index contributed by atoms with van der Waals surface area (Å²) in [6, 6.07) is 5.05. The van der Waals surface area contributed by atoms with Gasteiger partial charge in [-0.05, 0) is 18.2 Å². The number of Topliss-reactive ketones (excluding diaryl/α,β-unsaturated/α-hetero) is 1. The van der Waals surface area contributed by atoms with E-state index in [9.17, 15) is 4.79 Å². The van der Waals surface area contributed by atoms with Gasteiger partial charge in [-0.1, -0.05) is 32.4 Å². The summed E-state index contributed by atoms with van der Waals surface area (Å²) >= 11 is 5.85. The Morgan fingerprint density at radius 1 is 1.40 bits per heavy atom. The number of carbonyl (C=O) groups excluding carboxylic acids is 1. The number of methoxy groups -OCH3 is 1. The number of rotatable bonds is 3. The summed E-state index contributed by atoms with van der Waals surface area (Å²) in [4.78, 5) is 11.3. The van der Waals surface area contributed by atoms with Gasteiger partial charge in [0.25, 0.3) is 0 Å². The van der Waals surface area contributed by atoms with E-state index in [0.29, 0.717) is 22.8 Å². The Hall–Kier alpha value is -1.02. The maximum Gasteiger partial charge on any atom is 0.162 e. The van der Waals surface area contributed by atoms with E-state index in [-0.39, 0.29) is 5.78 Å². The zero-order valence-electron chi connectivity index (χ0n) is 9.63. The highest BCUT2D eigenvalue weighted by Gasteiger charge is 2.06. The predicted molar refractivity (Wildman–Crippen MR) is 64.0 cm³/mol. The van der Waals surface area contributed by atoms with Crippen LogP contribution < -0.4 is 4.74 Å². The predicted octanol–water partition coefficient (Wildman–Crippen LogP) is 3.97. The molecule has 2 nitrogen and oxygen atoms in total. The molecule has 0 N–H and O–H groups in total. The summed E-state index contributed by atoms with van der Waals surface area (Å²) in [5.41, 5.74) is 0.633. The highest BCUT2D eigenvalue weighted by molar-refractivity contribution is 6.32. The lowest BCUT2D eigenvalue weighted by Crippen LogP contribution is -1.96. The lowest BCUT2D eigenvalue weighted by Gasteiger charge is -2.03. The van der Waals surface area contributed by atoms with Crippen LogP contribution in [0.15, 0.2) is 18.2 Å². The van der Waals surface area contributed by atoms with E-state index in [0.717, 1.165) is 0 Å². The third kappa shape index (κ3) is 3.92. The van der Waals surface area contributed by atoms with Gasteiger partial charge in [0.05, 0.1) is 12.1 Å². The van der Waals surface area contributed by atoms with Crippen molar-refractivity contribution in [2.24, 2.45) is 0 Å². The third-order valence-corrected chi connectivity index (χ3v) is 2.09. The number of ketones is 1. The number of hydrogen-bond acceptors (Lipinski definition) is 2. The molecule has 3 heteroatoms. The lowest BCUT2D eigenvalue weighted by molar-refractivity contribution is 0.0988. The zero-order valence-corrected chi connectivity index (χ0v) is 10.4. The second kappa shape index (κ2) is 7.30. The fourth-order valence-corrected chi connectivity index (χ4v) is 1.30. The molecule has 1 aromatic rings. The minimum atomic E-state index is 0.0875. The van der Waals surface area contributed by atoms with Crippen LogP contribution in [-0.2, 0) is 0 Å². The van der Waals surface area contributed by atoms with Crippen LogP contribution in [0.5, 0.6) is 5.75 Å². The van der Waals surface area contributed by atoms with Crippen molar-refractivity contribution in [1.29, 1.82) is 0 Å². The molecule has 84 valence electrons. The van der Waals surface area contributed by atoms with Gasteiger partial charge in [-0.25, -0.2) is 0 Å². The topological polar surface area (TPSA) is 26.3 Å². The maximum absolute atomic E-state index is 11.3. The SMILES string of the molecule is CC.CCC(=O)c1ccc(OC)c(Cl)c1.